The summed E-state index contributed by atoms with van der Waals surface area (Å²) in [5.74, 6) is -0.812. The van der Waals surface area contributed by atoms with Crippen molar-refractivity contribution in [2.45, 2.75) is 13.0 Å². The lowest BCUT2D eigenvalue weighted by atomic mass is 9.96. The number of Topliss-reactive ketones (excluding diaryl/α,β-unsaturated/α-hetero) is 1. The van der Waals surface area contributed by atoms with Gasteiger partial charge in [-0.3, -0.25) is 14.5 Å². The van der Waals surface area contributed by atoms with Gasteiger partial charge in [-0.05, 0) is 42.1 Å². The molecule has 0 unspecified atom stereocenters. The monoisotopic (exact) mass is 462 g/mol. The van der Waals surface area contributed by atoms with Gasteiger partial charge in [0.1, 0.15) is 5.75 Å². The molecule has 6 nitrogen and oxygen atoms in total. The van der Waals surface area contributed by atoms with Crippen molar-refractivity contribution < 1.29 is 19.4 Å². The van der Waals surface area contributed by atoms with E-state index >= 15 is 0 Å². The van der Waals surface area contributed by atoms with Gasteiger partial charge in [-0.15, -0.1) is 11.3 Å². The van der Waals surface area contributed by atoms with Crippen molar-refractivity contribution >= 4 is 49.7 Å². The summed E-state index contributed by atoms with van der Waals surface area (Å²) in [6.45, 7) is 2.46. The van der Waals surface area contributed by atoms with E-state index in [0.717, 1.165) is 16.0 Å². The number of nitrogens with zero attached hydrogens (tertiary/aromatic N) is 2. The van der Waals surface area contributed by atoms with E-state index in [-0.39, 0.29) is 11.4 Å². The zero-order valence-corrected chi connectivity index (χ0v) is 18.7. The van der Waals surface area contributed by atoms with E-state index in [1.165, 1.54) is 27.6 Å². The van der Waals surface area contributed by atoms with Gasteiger partial charge in [0, 0.05) is 0 Å². The third-order valence-corrected chi connectivity index (χ3v) is 7.06. The van der Waals surface area contributed by atoms with Crippen LogP contribution in [0.3, 0.4) is 0 Å². The minimum Gasteiger partial charge on any atom is -0.503 e. The standard InChI is InChI=1S/C24H18N2O4S2/c1-2-30-15-10-11-16-18(13-15)32-24(25-16)26-20(14-7-4-3-5-8-14)19(22(28)23(26)29)21(27)17-9-6-12-31-17/h3-13,20,28H,2H2,1H3/t20-/m1/s1. The number of carbonyl (C=O) groups is 2. The van der Waals surface area contributed by atoms with E-state index in [9.17, 15) is 14.7 Å². The van der Waals surface area contributed by atoms with Crippen molar-refractivity contribution in [3.05, 3.63) is 87.8 Å². The van der Waals surface area contributed by atoms with Crippen molar-refractivity contribution in [3.8, 4) is 5.75 Å². The molecule has 3 heterocycles. The van der Waals surface area contributed by atoms with Crippen LogP contribution in [0.1, 0.15) is 28.2 Å². The van der Waals surface area contributed by atoms with Gasteiger partial charge in [0.15, 0.2) is 10.9 Å². The van der Waals surface area contributed by atoms with Crippen LogP contribution in [0.4, 0.5) is 5.13 Å². The average molecular weight is 463 g/mol. The Balaban J connectivity index is 1.64. The predicted octanol–water partition coefficient (Wildman–Crippen LogP) is 5.54. The van der Waals surface area contributed by atoms with Crippen molar-refractivity contribution in [2.75, 3.05) is 11.5 Å². The number of hydrogen-bond acceptors (Lipinski definition) is 7. The fourth-order valence-corrected chi connectivity index (χ4v) is 5.48. The second kappa shape index (κ2) is 8.22. The number of hydrogen-bond donors (Lipinski definition) is 1. The molecular formula is C24H18N2O4S2. The number of thiophene rings is 1. The van der Waals surface area contributed by atoms with Crippen LogP contribution in [-0.4, -0.2) is 28.4 Å². The Morgan fingerprint density at radius 2 is 1.97 bits per heavy atom. The average Bonchev–Trinajstić information content (AvgIpc) is 3.53. The first kappa shape index (κ1) is 20.4. The number of thiazole rings is 1. The van der Waals surface area contributed by atoms with Crippen molar-refractivity contribution in [3.63, 3.8) is 0 Å². The van der Waals surface area contributed by atoms with Gasteiger partial charge in [0.05, 0.1) is 33.3 Å². The number of carbonyl (C=O) groups excluding carboxylic acids is 2. The van der Waals surface area contributed by atoms with Gasteiger partial charge in [-0.25, -0.2) is 4.98 Å². The molecule has 1 aliphatic heterocycles. The zero-order chi connectivity index (χ0) is 22.2. The molecule has 2 aromatic heterocycles. The largest absolute Gasteiger partial charge is 0.503 e. The molecule has 1 aliphatic rings. The minimum absolute atomic E-state index is 0.0675. The number of fused-ring (bicyclic) bond motifs is 1. The lowest BCUT2D eigenvalue weighted by molar-refractivity contribution is -0.117. The van der Waals surface area contributed by atoms with E-state index in [4.69, 9.17) is 4.74 Å². The molecule has 8 heteroatoms. The highest BCUT2D eigenvalue weighted by molar-refractivity contribution is 7.22. The molecule has 0 saturated heterocycles. The van der Waals surface area contributed by atoms with Gasteiger partial charge in [0.25, 0.3) is 5.91 Å². The fourth-order valence-electron chi connectivity index (χ4n) is 3.78. The molecule has 5 rings (SSSR count). The summed E-state index contributed by atoms with van der Waals surface area (Å²) in [5, 5.41) is 13.0. The summed E-state index contributed by atoms with van der Waals surface area (Å²) >= 11 is 2.59. The fraction of sp³-hybridized carbons (Fsp3) is 0.125. The number of aromatic nitrogens is 1. The van der Waals surface area contributed by atoms with E-state index in [0.29, 0.717) is 22.1 Å². The van der Waals surface area contributed by atoms with E-state index in [1.807, 2.05) is 55.5 Å². The third-order valence-electron chi connectivity index (χ3n) is 5.18. The molecular weight excluding hydrogens is 444 g/mol. The molecule has 0 saturated carbocycles. The Kier molecular flexibility index (Phi) is 5.24. The molecule has 0 bridgehead atoms. The van der Waals surface area contributed by atoms with Crippen LogP contribution >= 0.6 is 22.7 Å². The van der Waals surface area contributed by atoms with E-state index in [2.05, 4.69) is 4.98 Å². The summed E-state index contributed by atoms with van der Waals surface area (Å²) in [6, 6.07) is 17.5. The topological polar surface area (TPSA) is 79.7 Å². The molecule has 0 fully saturated rings. The van der Waals surface area contributed by atoms with Crippen LogP contribution in [0, 0.1) is 0 Å². The number of aliphatic hydroxyl groups excluding tert-OH is 1. The molecule has 1 N–H and O–H groups in total. The van der Waals surface area contributed by atoms with Crippen LogP contribution in [0.5, 0.6) is 5.75 Å². The van der Waals surface area contributed by atoms with Crippen molar-refractivity contribution in [2.24, 2.45) is 0 Å². The second-order valence-corrected chi connectivity index (χ2v) is 9.07. The summed E-state index contributed by atoms with van der Waals surface area (Å²) < 4.78 is 6.42. The van der Waals surface area contributed by atoms with Crippen LogP contribution < -0.4 is 9.64 Å². The van der Waals surface area contributed by atoms with Crippen LogP contribution in [0.15, 0.2) is 77.4 Å². The van der Waals surface area contributed by atoms with Gasteiger partial charge in [-0.1, -0.05) is 47.7 Å². The molecule has 4 aromatic rings. The van der Waals surface area contributed by atoms with Crippen LogP contribution in [-0.2, 0) is 4.79 Å². The normalized spacial score (nSPS) is 16.2. The SMILES string of the molecule is CCOc1ccc2nc(N3C(=O)C(O)=C(C(=O)c4cccs4)[C@H]3c3ccccc3)sc2c1. The molecule has 0 spiro atoms. The van der Waals surface area contributed by atoms with E-state index < -0.39 is 17.7 Å². The van der Waals surface area contributed by atoms with Gasteiger partial charge >= 0.3 is 0 Å². The minimum atomic E-state index is -0.773. The number of benzene rings is 2. The first-order valence-electron chi connectivity index (χ1n) is 10.0. The molecule has 1 amide bonds. The Hall–Kier alpha value is -3.49. The zero-order valence-electron chi connectivity index (χ0n) is 17.0. The highest BCUT2D eigenvalue weighted by atomic mass is 32.1. The summed E-state index contributed by atoms with van der Waals surface area (Å²) in [5.41, 5.74) is 1.50. The van der Waals surface area contributed by atoms with Gasteiger partial charge in [0.2, 0.25) is 5.78 Å². The molecule has 32 heavy (non-hydrogen) atoms. The number of anilines is 1. The number of ketones is 1. The molecule has 0 radical (unpaired) electrons. The van der Waals surface area contributed by atoms with Crippen LogP contribution in [0.25, 0.3) is 10.2 Å². The number of rotatable bonds is 6. The van der Waals surface area contributed by atoms with Gasteiger partial charge < -0.3 is 9.84 Å². The predicted molar refractivity (Wildman–Crippen MR) is 126 cm³/mol. The highest BCUT2D eigenvalue weighted by Gasteiger charge is 2.46. The number of amides is 1. The van der Waals surface area contributed by atoms with Gasteiger partial charge in [-0.2, -0.15) is 0 Å². The van der Waals surface area contributed by atoms with Crippen molar-refractivity contribution in [1.82, 2.24) is 4.98 Å². The molecule has 0 aliphatic carbocycles. The third kappa shape index (κ3) is 3.37. The summed E-state index contributed by atoms with van der Waals surface area (Å²) in [4.78, 5) is 33.0. The van der Waals surface area contributed by atoms with E-state index in [1.54, 1.807) is 17.5 Å². The first-order valence-corrected chi connectivity index (χ1v) is 11.7. The Bertz CT molecular complexity index is 1340. The molecule has 1 atom stereocenters. The summed E-state index contributed by atoms with van der Waals surface area (Å²) in [6.07, 6.45) is 0. The smallest absolute Gasteiger partial charge is 0.296 e. The molecule has 160 valence electrons. The summed E-state index contributed by atoms with van der Waals surface area (Å²) in [7, 11) is 0. The maximum Gasteiger partial charge on any atom is 0.296 e. The Morgan fingerprint density at radius 3 is 2.69 bits per heavy atom. The lowest BCUT2D eigenvalue weighted by Gasteiger charge is -2.24. The van der Waals surface area contributed by atoms with Crippen molar-refractivity contribution in [1.29, 1.82) is 0 Å². The Morgan fingerprint density at radius 1 is 1.16 bits per heavy atom. The highest BCUT2D eigenvalue weighted by Crippen LogP contribution is 2.44. The molecule has 2 aromatic carbocycles. The number of ether oxygens (including phenoxy) is 1. The quantitative estimate of drug-likeness (QED) is 0.381. The number of aliphatic hydroxyl groups is 1. The second-order valence-electron chi connectivity index (χ2n) is 7.12. The maximum absolute atomic E-state index is 13.3. The lowest BCUT2D eigenvalue weighted by Crippen LogP contribution is -2.30. The van der Waals surface area contributed by atoms with Crippen LogP contribution in [0.2, 0.25) is 0 Å². The maximum atomic E-state index is 13.3. The first-order chi connectivity index (χ1) is 15.6. The Labute approximate surface area is 192 Å².